The molecule has 5 amide bonds. The molecule has 0 aliphatic heterocycles. The maximum absolute atomic E-state index is 13.5. The van der Waals surface area contributed by atoms with Gasteiger partial charge in [0.2, 0.25) is 29.5 Å². The van der Waals surface area contributed by atoms with E-state index in [2.05, 4.69) is 26.6 Å². The lowest BCUT2D eigenvalue weighted by molar-refractivity contribution is -0.136. The summed E-state index contributed by atoms with van der Waals surface area (Å²) in [6.45, 7) is 18.5. The Morgan fingerprint density at radius 1 is 0.523 bits per heavy atom. The second kappa shape index (κ2) is 18.4. The van der Waals surface area contributed by atoms with Gasteiger partial charge in [0.05, 0.1) is 6.04 Å². The molecule has 248 valence electrons. The van der Waals surface area contributed by atoms with Crippen LogP contribution in [0.1, 0.15) is 74.8 Å². The first-order chi connectivity index (χ1) is 20.5. The van der Waals surface area contributed by atoms with Crippen molar-refractivity contribution in [2.24, 2.45) is 35.3 Å². The van der Waals surface area contributed by atoms with Crippen LogP contribution in [-0.4, -0.2) is 66.3 Å². The average molecular weight is 617 g/mol. The van der Waals surface area contributed by atoms with Crippen LogP contribution in [0.25, 0.3) is 0 Å². The monoisotopic (exact) mass is 616 g/mol. The van der Waals surface area contributed by atoms with Crippen molar-refractivity contribution < 1.29 is 24.0 Å². The topological polar surface area (TPSA) is 172 Å². The Morgan fingerprint density at radius 2 is 0.864 bits per heavy atom. The molecule has 0 fully saturated rings. The van der Waals surface area contributed by atoms with E-state index in [-0.39, 0.29) is 35.5 Å². The van der Waals surface area contributed by atoms with Gasteiger partial charge in [0.15, 0.2) is 0 Å². The Balaban J connectivity index is 2.97. The summed E-state index contributed by atoms with van der Waals surface area (Å²) in [5.41, 5.74) is 7.06. The lowest BCUT2D eigenvalue weighted by Gasteiger charge is -2.31. The van der Waals surface area contributed by atoms with E-state index in [9.17, 15) is 24.0 Å². The van der Waals surface area contributed by atoms with E-state index in [1.54, 1.807) is 41.5 Å². The highest BCUT2D eigenvalue weighted by molar-refractivity contribution is 5.96. The molecular weight excluding hydrogens is 560 g/mol. The number of hydrogen-bond donors (Lipinski definition) is 6. The lowest BCUT2D eigenvalue weighted by atomic mass is 9.96. The first-order valence-electron chi connectivity index (χ1n) is 15.8. The van der Waals surface area contributed by atoms with Crippen LogP contribution < -0.4 is 32.3 Å². The number of rotatable bonds is 17. The number of carbonyl (C=O) groups is 5. The SMILES string of the molecule is CC(C)[C@H](N)C(=O)N[C@H](C(=O)N[C@H](C(=O)N[C@H](C(=O)N[C@H](C(=O)NCCc1ccccc1)C(C)C)C(C)C)C(C)C)C(C)C. The van der Waals surface area contributed by atoms with Crippen LogP contribution in [-0.2, 0) is 30.4 Å². The van der Waals surface area contributed by atoms with E-state index in [0.717, 1.165) is 5.56 Å². The predicted octanol–water partition coefficient (Wildman–Crippen LogP) is 1.89. The van der Waals surface area contributed by atoms with Crippen molar-refractivity contribution in [1.82, 2.24) is 26.6 Å². The second-order valence-electron chi connectivity index (χ2n) is 13.2. The first kappa shape index (κ1) is 38.6. The fraction of sp³-hybridized carbons (Fsp3) is 0.667. The van der Waals surface area contributed by atoms with Crippen molar-refractivity contribution >= 4 is 29.5 Å². The van der Waals surface area contributed by atoms with Gasteiger partial charge in [0.1, 0.15) is 24.2 Å². The minimum atomic E-state index is -0.976. The third-order valence-electron chi connectivity index (χ3n) is 7.56. The molecule has 0 aromatic heterocycles. The normalized spacial score (nSPS) is 15.0. The number of benzene rings is 1. The molecule has 0 unspecified atom stereocenters. The molecule has 11 nitrogen and oxygen atoms in total. The van der Waals surface area contributed by atoms with E-state index >= 15 is 0 Å². The number of hydrogen-bond acceptors (Lipinski definition) is 6. The van der Waals surface area contributed by atoms with Crippen LogP contribution in [0.3, 0.4) is 0 Å². The third-order valence-corrected chi connectivity index (χ3v) is 7.56. The number of nitrogens with two attached hydrogens (primary N) is 1. The van der Waals surface area contributed by atoms with Crippen molar-refractivity contribution in [3.05, 3.63) is 35.9 Å². The molecule has 0 saturated carbocycles. The standard InChI is InChI=1S/C33H56N6O5/c1-18(2)24(34)29(40)36-26(20(5)6)31(42)38-28(22(9)10)33(44)39-27(21(7)8)32(43)37-25(19(3)4)30(41)35-17-16-23-14-12-11-13-15-23/h11-15,18-22,24-28H,16-17,34H2,1-10H3,(H,35,41)(H,36,40)(H,37,43)(H,38,42)(H,39,44)/t24-,25-,26-,27-,28-/m0/s1. The van der Waals surface area contributed by atoms with E-state index in [0.29, 0.717) is 13.0 Å². The zero-order valence-corrected chi connectivity index (χ0v) is 28.2. The average Bonchev–Trinajstić information content (AvgIpc) is 2.94. The summed E-state index contributed by atoms with van der Waals surface area (Å²) in [7, 11) is 0. The molecule has 0 aliphatic carbocycles. The molecule has 0 saturated heterocycles. The molecule has 0 aliphatic rings. The highest BCUT2D eigenvalue weighted by Crippen LogP contribution is 2.11. The number of carbonyl (C=O) groups excluding carboxylic acids is 5. The van der Waals surface area contributed by atoms with Gasteiger partial charge in [0, 0.05) is 6.54 Å². The zero-order valence-electron chi connectivity index (χ0n) is 28.2. The number of amides is 5. The summed E-state index contributed by atoms with van der Waals surface area (Å²) < 4.78 is 0. The highest BCUT2D eigenvalue weighted by atomic mass is 16.2. The number of nitrogens with one attached hydrogen (secondary N) is 5. The molecule has 0 bridgehead atoms. The van der Waals surface area contributed by atoms with Gasteiger partial charge >= 0.3 is 0 Å². The molecule has 1 rings (SSSR count). The largest absolute Gasteiger partial charge is 0.354 e. The van der Waals surface area contributed by atoms with Crippen LogP contribution >= 0.6 is 0 Å². The van der Waals surface area contributed by atoms with E-state index in [1.807, 2.05) is 58.0 Å². The fourth-order valence-corrected chi connectivity index (χ4v) is 4.51. The molecular formula is C33H56N6O5. The van der Waals surface area contributed by atoms with E-state index in [4.69, 9.17) is 5.73 Å². The van der Waals surface area contributed by atoms with Crippen molar-refractivity contribution in [1.29, 1.82) is 0 Å². The van der Waals surface area contributed by atoms with Crippen molar-refractivity contribution in [2.75, 3.05) is 6.54 Å². The van der Waals surface area contributed by atoms with Gasteiger partial charge < -0.3 is 32.3 Å². The van der Waals surface area contributed by atoms with Gasteiger partial charge in [0.25, 0.3) is 0 Å². The molecule has 44 heavy (non-hydrogen) atoms. The highest BCUT2D eigenvalue weighted by Gasteiger charge is 2.35. The lowest BCUT2D eigenvalue weighted by Crippen LogP contribution is -2.62. The summed E-state index contributed by atoms with van der Waals surface area (Å²) >= 11 is 0. The van der Waals surface area contributed by atoms with Crippen molar-refractivity contribution in [3.63, 3.8) is 0 Å². The van der Waals surface area contributed by atoms with Gasteiger partial charge in [-0.1, -0.05) is 99.6 Å². The van der Waals surface area contributed by atoms with Gasteiger partial charge in [-0.2, -0.15) is 0 Å². The van der Waals surface area contributed by atoms with E-state index < -0.39 is 53.8 Å². The third kappa shape index (κ3) is 12.3. The smallest absolute Gasteiger partial charge is 0.243 e. The molecule has 1 aromatic rings. The van der Waals surface area contributed by atoms with Crippen molar-refractivity contribution in [2.45, 2.75) is 106 Å². The summed E-state index contributed by atoms with van der Waals surface area (Å²) in [5.74, 6) is -3.51. The maximum atomic E-state index is 13.5. The fourth-order valence-electron chi connectivity index (χ4n) is 4.51. The quantitative estimate of drug-likeness (QED) is 0.156. The Labute approximate surface area is 263 Å². The van der Waals surface area contributed by atoms with Gasteiger partial charge in [-0.05, 0) is 41.6 Å². The molecule has 1 aromatic carbocycles. The minimum absolute atomic E-state index is 0.116. The van der Waals surface area contributed by atoms with E-state index in [1.165, 1.54) is 0 Å². The Morgan fingerprint density at radius 3 is 1.20 bits per heavy atom. The van der Waals surface area contributed by atoms with Gasteiger partial charge in [-0.15, -0.1) is 0 Å². The maximum Gasteiger partial charge on any atom is 0.243 e. The molecule has 0 heterocycles. The second-order valence-corrected chi connectivity index (χ2v) is 13.2. The van der Waals surface area contributed by atoms with Gasteiger partial charge in [-0.3, -0.25) is 24.0 Å². The Hall–Kier alpha value is -3.47. The summed E-state index contributed by atoms with van der Waals surface area (Å²) in [6, 6.07) is 5.36. The summed E-state index contributed by atoms with van der Waals surface area (Å²) in [6.07, 6.45) is 0.657. The zero-order chi connectivity index (χ0) is 33.7. The first-order valence-corrected chi connectivity index (χ1v) is 15.8. The molecule has 0 spiro atoms. The predicted molar refractivity (Wildman–Crippen MR) is 173 cm³/mol. The molecule has 11 heteroatoms. The summed E-state index contributed by atoms with van der Waals surface area (Å²) in [4.78, 5) is 65.8. The minimum Gasteiger partial charge on any atom is -0.354 e. The van der Waals surface area contributed by atoms with Crippen LogP contribution in [0.5, 0.6) is 0 Å². The van der Waals surface area contributed by atoms with Crippen molar-refractivity contribution in [3.8, 4) is 0 Å². The Kier molecular flexibility index (Phi) is 16.1. The van der Waals surface area contributed by atoms with Gasteiger partial charge in [-0.25, -0.2) is 0 Å². The van der Waals surface area contributed by atoms with Crippen LogP contribution in [0.2, 0.25) is 0 Å². The van der Waals surface area contributed by atoms with Crippen LogP contribution in [0.4, 0.5) is 0 Å². The molecule has 7 N–H and O–H groups in total. The summed E-state index contributed by atoms with van der Waals surface area (Å²) in [5, 5.41) is 14.0. The molecule has 0 radical (unpaired) electrons. The molecule has 5 atom stereocenters. The van der Waals surface area contributed by atoms with Crippen LogP contribution in [0, 0.1) is 29.6 Å². The Bertz CT molecular complexity index is 1090. The van der Waals surface area contributed by atoms with Crippen LogP contribution in [0.15, 0.2) is 30.3 Å².